The maximum absolute atomic E-state index is 14.0. The van der Waals surface area contributed by atoms with Crippen molar-refractivity contribution in [3.63, 3.8) is 0 Å². The third-order valence-corrected chi connectivity index (χ3v) is 8.99. The van der Waals surface area contributed by atoms with Crippen molar-refractivity contribution in [3.8, 4) is 11.4 Å². The van der Waals surface area contributed by atoms with Crippen LogP contribution in [0.15, 0.2) is 82.1 Å². The van der Waals surface area contributed by atoms with Crippen LogP contribution in [0.3, 0.4) is 0 Å². The SMILES string of the molecule is C[C@H](NC(=O)c1c2n(c(=O)n1-c1ccc(OC3CC3)cc1)C[C@H](C)N(C(=O)c1ccc(Br)c(Cl)c1)C2)c1ccccc1. The summed E-state index contributed by atoms with van der Waals surface area (Å²) in [4.78, 5) is 43.3. The Morgan fingerprint density at radius 3 is 2.43 bits per heavy atom. The predicted octanol–water partition coefficient (Wildman–Crippen LogP) is 6.13. The fourth-order valence-electron chi connectivity index (χ4n) is 5.30. The van der Waals surface area contributed by atoms with Gasteiger partial charge in [-0.2, -0.15) is 0 Å². The number of aromatic nitrogens is 2. The van der Waals surface area contributed by atoms with E-state index in [-0.39, 0.29) is 48.6 Å². The minimum absolute atomic E-state index is 0.0846. The number of ether oxygens (including phenoxy) is 1. The molecule has 1 N–H and O–H groups in total. The number of rotatable bonds is 7. The number of imidazole rings is 1. The molecule has 2 amide bonds. The first kappa shape index (κ1) is 28.3. The molecule has 8 nitrogen and oxygen atoms in total. The lowest BCUT2D eigenvalue weighted by molar-refractivity contribution is 0.0610. The molecule has 0 radical (unpaired) electrons. The summed E-state index contributed by atoms with van der Waals surface area (Å²) in [7, 11) is 0. The Hall–Kier alpha value is -3.82. The van der Waals surface area contributed by atoms with Crippen LogP contribution < -0.4 is 15.7 Å². The molecule has 216 valence electrons. The monoisotopic (exact) mass is 648 g/mol. The van der Waals surface area contributed by atoms with Gasteiger partial charge in [0.2, 0.25) is 0 Å². The van der Waals surface area contributed by atoms with E-state index in [9.17, 15) is 14.4 Å². The van der Waals surface area contributed by atoms with Gasteiger partial charge in [0.15, 0.2) is 0 Å². The van der Waals surface area contributed by atoms with Crippen LogP contribution in [0.5, 0.6) is 5.75 Å². The van der Waals surface area contributed by atoms with E-state index >= 15 is 0 Å². The first-order valence-corrected chi connectivity index (χ1v) is 15.1. The van der Waals surface area contributed by atoms with E-state index in [1.807, 2.05) is 56.3 Å². The van der Waals surface area contributed by atoms with Crippen molar-refractivity contribution in [2.45, 2.75) is 58.0 Å². The average molecular weight is 650 g/mol. The summed E-state index contributed by atoms with van der Waals surface area (Å²) in [6.45, 7) is 4.12. The highest BCUT2D eigenvalue weighted by Crippen LogP contribution is 2.30. The number of fused-ring (bicyclic) bond motifs is 1. The highest BCUT2D eigenvalue weighted by Gasteiger charge is 2.36. The highest BCUT2D eigenvalue weighted by molar-refractivity contribution is 9.10. The number of hydrogen-bond acceptors (Lipinski definition) is 4. The quantitative estimate of drug-likeness (QED) is 0.261. The summed E-state index contributed by atoms with van der Waals surface area (Å²) >= 11 is 9.66. The summed E-state index contributed by atoms with van der Waals surface area (Å²) in [5, 5.41) is 3.50. The van der Waals surface area contributed by atoms with Gasteiger partial charge in [0, 0.05) is 22.6 Å². The zero-order valence-corrected chi connectivity index (χ0v) is 25.6. The van der Waals surface area contributed by atoms with Crippen LogP contribution >= 0.6 is 27.5 Å². The molecule has 0 bridgehead atoms. The number of carbonyl (C=O) groups excluding carboxylic acids is 2. The van der Waals surface area contributed by atoms with Gasteiger partial charge in [0.1, 0.15) is 11.4 Å². The van der Waals surface area contributed by atoms with Gasteiger partial charge in [0.25, 0.3) is 11.8 Å². The van der Waals surface area contributed by atoms with E-state index in [1.54, 1.807) is 39.8 Å². The standard InChI is InChI=1S/C32H30BrClN4O4/c1-19-17-37-28(18-36(19)31(40)22-8-15-26(33)27(34)16-22)29(30(39)35-20(2)21-6-4-3-5-7-21)38(32(37)41)23-9-11-24(12-10-23)42-25-13-14-25/h3-12,15-16,19-20,25H,13-14,17-18H2,1-2H3,(H,35,39)/t19-,20-/m0/s1. The van der Waals surface area contributed by atoms with E-state index in [1.165, 1.54) is 4.57 Å². The second kappa shape index (κ2) is 11.5. The maximum Gasteiger partial charge on any atom is 0.333 e. The van der Waals surface area contributed by atoms with Gasteiger partial charge in [-0.1, -0.05) is 41.9 Å². The van der Waals surface area contributed by atoms with Crippen LogP contribution in [-0.2, 0) is 13.1 Å². The molecule has 10 heteroatoms. The highest BCUT2D eigenvalue weighted by atomic mass is 79.9. The first-order valence-electron chi connectivity index (χ1n) is 13.9. The number of hydrogen-bond donors (Lipinski definition) is 1. The van der Waals surface area contributed by atoms with Gasteiger partial charge in [0.05, 0.1) is 35.1 Å². The van der Waals surface area contributed by atoms with Crippen molar-refractivity contribution in [1.82, 2.24) is 19.4 Å². The average Bonchev–Trinajstić information content (AvgIpc) is 3.76. The molecule has 2 aliphatic rings. The van der Waals surface area contributed by atoms with Gasteiger partial charge in [-0.05, 0) is 90.6 Å². The molecule has 2 atom stereocenters. The topological polar surface area (TPSA) is 85.6 Å². The predicted molar refractivity (Wildman–Crippen MR) is 164 cm³/mol. The molecule has 1 aliphatic carbocycles. The molecule has 4 aromatic rings. The molecule has 1 saturated carbocycles. The molecule has 1 aliphatic heterocycles. The van der Waals surface area contributed by atoms with E-state index in [0.29, 0.717) is 26.4 Å². The molecule has 6 rings (SSSR count). The largest absolute Gasteiger partial charge is 0.490 e. The Labute approximate surface area is 257 Å². The lowest BCUT2D eigenvalue weighted by Crippen LogP contribution is -2.47. The summed E-state index contributed by atoms with van der Waals surface area (Å²) in [5.74, 6) is 0.0959. The number of amides is 2. The third-order valence-electron chi connectivity index (χ3n) is 7.76. The van der Waals surface area contributed by atoms with Crippen molar-refractivity contribution >= 4 is 39.3 Å². The molecule has 2 heterocycles. The number of carbonyl (C=O) groups is 2. The number of benzene rings is 3. The fourth-order valence-corrected chi connectivity index (χ4v) is 5.73. The Morgan fingerprint density at radius 1 is 1.05 bits per heavy atom. The molecule has 0 unspecified atom stereocenters. The van der Waals surface area contributed by atoms with Crippen molar-refractivity contribution in [1.29, 1.82) is 0 Å². The molecule has 0 saturated heterocycles. The number of nitrogens with zero attached hydrogens (tertiary/aromatic N) is 3. The minimum atomic E-state index is -0.399. The summed E-state index contributed by atoms with van der Waals surface area (Å²) in [6.07, 6.45) is 2.32. The van der Waals surface area contributed by atoms with Crippen LogP contribution in [-0.4, -0.2) is 38.0 Å². The van der Waals surface area contributed by atoms with Crippen molar-refractivity contribution in [2.75, 3.05) is 0 Å². The van der Waals surface area contributed by atoms with Gasteiger partial charge in [-0.15, -0.1) is 0 Å². The Morgan fingerprint density at radius 2 is 1.76 bits per heavy atom. The Bertz CT molecular complexity index is 1710. The van der Waals surface area contributed by atoms with Gasteiger partial charge in [-0.3, -0.25) is 18.7 Å². The molecule has 0 spiro atoms. The van der Waals surface area contributed by atoms with E-state index in [4.69, 9.17) is 16.3 Å². The zero-order valence-electron chi connectivity index (χ0n) is 23.2. The van der Waals surface area contributed by atoms with Gasteiger partial charge in [-0.25, -0.2) is 4.79 Å². The number of halogens is 2. The Balaban J connectivity index is 1.40. The van der Waals surface area contributed by atoms with E-state index in [0.717, 1.165) is 24.2 Å². The molecule has 1 fully saturated rings. The van der Waals surface area contributed by atoms with Crippen LogP contribution in [0.1, 0.15) is 64.8 Å². The maximum atomic E-state index is 14.0. The molecule has 3 aromatic carbocycles. The fraction of sp³-hybridized carbons (Fsp3) is 0.281. The van der Waals surface area contributed by atoms with Crippen molar-refractivity contribution in [2.24, 2.45) is 0 Å². The Kier molecular flexibility index (Phi) is 7.72. The van der Waals surface area contributed by atoms with Crippen LogP contribution in [0.4, 0.5) is 0 Å². The van der Waals surface area contributed by atoms with Crippen LogP contribution in [0.2, 0.25) is 5.02 Å². The van der Waals surface area contributed by atoms with E-state index < -0.39 is 5.91 Å². The second-order valence-corrected chi connectivity index (χ2v) is 12.1. The van der Waals surface area contributed by atoms with Gasteiger partial charge < -0.3 is 15.0 Å². The van der Waals surface area contributed by atoms with Crippen LogP contribution in [0, 0.1) is 0 Å². The van der Waals surface area contributed by atoms with Crippen molar-refractivity contribution in [3.05, 3.63) is 115 Å². The lowest BCUT2D eigenvalue weighted by Gasteiger charge is -2.34. The van der Waals surface area contributed by atoms with Crippen molar-refractivity contribution < 1.29 is 14.3 Å². The zero-order chi connectivity index (χ0) is 29.5. The smallest absolute Gasteiger partial charge is 0.333 e. The number of nitrogens with one attached hydrogen (secondary N) is 1. The molecule has 1 aromatic heterocycles. The second-order valence-electron chi connectivity index (χ2n) is 10.9. The first-order chi connectivity index (χ1) is 20.2. The summed E-state index contributed by atoms with van der Waals surface area (Å²) in [5.41, 5.74) is 2.27. The third kappa shape index (κ3) is 5.51. The molecule has 42 heavy (non-hydrogen) atoms. The lowest BCUT2D eigenvalue weighted by atomic mass is 10.1. The normalized spacial score (nSPS) is 17.0. The minimum Gasteiger partial charge on any atom is -0.490 e. The van der Waals surface area contributed by atoms with Crippen LogP contribution in [0.25, 0.3) is 5.69 Å². The molecular weight excluding hydrogens is 620 g/mol. The molecular formula is C32H30BrClN4O4. The summed E-state index contributed by atoms with van der Waals surface area (Å²) in [6, 6.07) is 21.3. The summed E-state index contributed by atoms with van der Waals surface area (Å²) < 4.78 is 9.64. The van der Waals surface area contributed by atoms with E-state index in [2.05, 4.69) is 21.2 Å². The van der Waals surface area contributed by atoms with Gasteiger partial charge >= 0.3 is 5.69 Å².